The van der Waals surface area contributed by atoms with Crippen LogP contribution in [0.25, 0.3) is 0 Å². The van der Waals surface area contributed by atoms with Crippen molar-refractivity contribution in [3.8, 4) is 0 Å². The molecule has 0 radical (unpaired) electrons. The molecule has 0 aliphatic heterocycles. The molecule has 1 heterocycles. The molecule has 1 aromatic heterocycles. The fourth-order valence-electron chi connectivity index (χ4n) is 1.64. The summed E-state index contributed by atoms with van der Waals surface area (Å²) in [7, 11) is 0. The molecular formula is C12H20N2O8. The largest absolute Gasteiger partial charge is 0.394 e. The van der Waals surface area contributed by atoms with Gasteiger partial charge in [0.05, 0.1) is 37.0 Å². The van der Waals surface area contributed by atoms with E-state index in [2.05, 4.69) is 9.97 Å². The van der Waals surface area contributed by atoms with Crippen LogP contribution >= 0.6 is 0 Å². The number of aliphatic hydroxyl groups is 8. The van der Waals surface area contributed by atoms with Gasteiger partial charge in [-0.15, -0.1) is 0 Å². The Bertz CT molecular complexity index is 404. The number of rotatable bonds is 8. The van der Waals surface area contributed by atoms with Crippen LogP contribution in [0.1, 0.15) is 23.6 Å². The summed E-state index contributed by atoms with van der Waals surface area (Å²) in [6.45, 7) is -1.51. The normalized spacial score (nSPS) is 20.0. The van der Waals surface area contributed by atoms with E-state index in [1.54, 1.807) is 0 Å². The first-order valence-corrected chi connectivity index (χ1v) is 6.45. The van der Waals surface area contributed by atoms with Crippen molar-refractivity contribution in [2.24, 2.45) is 0 Å². The highest BCUT2D eigenvalue weighted by Gasteiger charge is 2.29. The lowest BCUT2D eigenvalue weighted by molar-refractivity contribution is -0.0808. The van der Waals surface area contributed by atoms with E-state index in [9.17, 15) is 30.6 Å². The van der Waals surface area contributed by atoms with Gasteiger partial charge in [0.1, 0.15) is 36.6 Å². The Morgan fingerprint density at radius 1 is 0.682 bits per heavy atom. The first-order chi connectivity index (χ1) is 10.3. The van der Waals surface area contributed by atoms with Crippen molar-refractivity contribution in [3.63, 3.8) is 0 Å². The predicted octanol–water partition coefficient (Wildman–Crippen LogP) is -4.03. The van der Waals surface area contributed by atoms with Crippen molar-refractivity contribution in [1.82, 2.24) is 9.97 Å². The topological polar surface area (TPSA) is 188 Å². The molecule has 0 aromatic carbocycles. The van der Waals surface area contributed by atoms with E-state index in [0.717, 1.165) is 12.4 Å². The van der Waals surface area contributed by atoms with E-state index in [0.29, 0.717) is 0 Å². The van der Waals surface area contributed by atoms with E-state index in [-0.39, 0.29) is 11.4 Å². The maximum atomic E-state index is 9.75. The van der Waals surface area contributed by atoms with Gasteiger partial charge in [0.15, 0.2) is 0 Å². The van der Waals surface area contributed by atoms with Crippen molar-refractivity contribution in [2.45, 2.75) is 36.6 Å². The zero-order valence-corrected chi connectivity index (χ0v) is 11.5. The lowest BCUT2D eigenvalue weighted by Crippen LogP contribution is -2.36. The fraction of sp³-hybridized carbons (Fsp3) is 0.667. The molecule has 8 N–H and O–H groups in total. The smallest absolute Gasteiger partial charge is 0.126 e. The minimum atomic E-state index is -1.68. The summed E-state index contributed by atoms with van der Waals surface area (Å²) >= 11 is 0. The molecule has 22 heavy (non-hydrogen) atoms. The molecule has 10 nitrogen and oxygen atoms in total. The van der Waals surface area contributed by atoms with Crippen molar-refractivity contribution in [1.29, 1.82) is 0 Å². The molecule has 0 bridgehead atoms. The van der Waals surface area contributed by atoms with E-state index >= 15 is 0 Å². The lowest BCUT2D eigenvalue weighted by Gasteiger charge is -2.22. The number of aromatic nitrogens is 2. The monoisotopic (exact) mass is 320 g/mol. The van der Waals surface area contributed by atoms with E-state index in [1.165, 1.54) is 0 Å². The highest BCUT2D eigenvalue weighted by Crippen LogP contribution is 2.20. The average Bonchev–Trinajstić information content (AvgIpc) is 2.57. The van der Waals surface area contributed by atoms with Gasteiger partial charge in [0, 0.05) is 0 Å². The third-order valence-corrected chi connectivity index (χ3v) is 3.11. The van der Waals surface area contributed by atoms with Crippen molar-refractivity contribution >= 4 is 0 Å². The third kappa shape index (κ3) is 4.38. The molecule has 1 rings (SSSR count). The van der Waals surface area contributed by atoms with Crippen LogP contribution in [0.3, 0.4) is 0 Å². The molecule has 126 valence electrons. The second-order valence-corrected chi connectivity index (χ2v) is 4.74. The maximum Gasteiger partial charge on any atom is 0.126 e. The zero-order chi connectivity index (χ0) is 16.9. The van der Waals surface area contributed by atoms with Crippen LogP contribution in [-0.2, 0) is 0 Å². The van der Waals surface area contributed by atoms with Crippen LogP contribution in [0.2, 0.25) is 0 Å². The van der Waals surface area contributed by atoms with Gasteiger partial charge < -0.3 is 40.9 Å². The predicted molar refractivity (Wildman–Crippen MR) is 70.2 cm³/mol. The molecule has 10 heteroatoms. The minimum Gasteiger partial charge on any atom is -0.394 e. The molecule has 0 aliphatic carbocycles. The average molecular weight is 320 g/mol. The molecule has 0 fully saturated rings. The molecule has 0 saturated carbocycles. The fourth-order valence-corrected chi connectivity index (χ4v) is 1.64. The Labute approximate surface area is 125 Å². The van der Waals surface area contributed by atoms with Gasteiger partial charge >= 0.3 is 0 Å². The number of aliphatic hydroxyl groups excluding tert-OH is 8. The molecule has 1 aromatic rings. The standard InChI is InChI=1S/C12H20N2O8/c15-3-7(17)11(21)9(19)5-1-13-6(2-14-5)10(20)12(22)8(18)4-16/h1-2,7-12,15-22H,3-4H2/t7-,8-,9+,10+,11+,12+/m0/s1. The highest BCUT2D eigenvalue weighted by atomic mass is 16.4. The van der Waals surface area contributed by atoms with Gasteiger partial charge in [-0.25, -0.2) is 0 Å². The molecule has 6 atom stereocenters. The highest BCUT2D eigenvalue weighted by molar-refractivity contribution is 5.10. The number of hydrogen-bond acceptors (Lipinski definition) is 10. The molecule has 0 unspecified atom stereocenters. The van der Waals surface area contributed by atoms with Crippen LogP contribution in [-0.4, -0.2) is 88.4 Å². The van der Waals surface area contributed by atoms with Gasteiger partial charge in [0.2, 0.25) is 0 Å². The Hall–Kier alpha value is -1.24. The summed E-state index contributed by atoms with van der Waals surface area (Å²) < 4.78 is 0. The van der Waals surface area contributed by atoms with Gasteiger partial charge in [-0.1, -0.05) is 0 Å². The second-order valence-electron chi connectivity index (χ2n) is 4.74. The summed E-state index contributed by atoms with van der Waals surface area (Å²) in [5.74, 6) is 0. The molecular weight excluding hydrogens is 300 g/mol. The molecule has 0 spiro atoms. The van der Waals surface area contributed by atoms with Gasteiger partial charge in [-0.3, -0.25) is 9.97 Å². The van der Waals surface area contributed by atoms with E-state index in [1.807, 2.05) is 0 Å². The van der Waals surface area contributed by atoms with Crippen molar-refractivity contribution in [2.75, 3.05) is 13.2 Å². The Balaban J connectivity index is 2.82. The SMILES string of the molecule is OC[C@H](O)[C@@H](O)[C@H](O)c1cnc([C@@H](O)[C@H](O)[C@@H](O)CO)cn1. The Morgan fingerprint density at radius 2 is 1.00 bits per heavy atom. The van der Waals surface area contributed by atoms with Crippen LogP contribution < -0.4 is 0 Å². The lowest BCUT2D eigenvalue weighted by atomic mass is 10.0. The van der Waals surface area contributed by atoms with Crippen LogP contribution in [0.4, 0.5) is 0 Å². The molecule has 0 saturated heterocycles. The van der Waals surface area contributed by atoms with E-state index in [4.69, 9.17) is 10.2 Å². The summed E-state index contributed by atoms with van der Waals surface area (Å²) in [5, 5.41) is 74.4. The van der Waals surface area contributed by atoms with Gasteiger partial charge in [-0.05, 0) is 0 Å². The minimum absolute atomic E-state index is 0.131. The Morgan fingerprint density at radius 3 is 1.23 bits per heavy atom. The first-order valence-electron chi connectivity index (χ1n) is 6.45. The summed E-state index contributed by atoms with van der Waals surface area (Å²) in [4.78, 5) is 7.45. The number of hydrogen-bond donors (Lipinski definition) is 8. The van der Waals surface area contributed by atoms with Gasteiger partial charge in [0.25, 0.3) is 0 Å². The quantitative estimate of drug-likeness (QED) is 0.234. The molecule has 0 aliphatic rings. The van der Waals surface area contributed by atoms with Crippen LogP contribution in [0.15, 0.2) is 12.4 Å². The first kappa shape index (κ1) is 18.8. The Kier molecular flexibility index (Phi) is 7.19. The van der Waals surface area contributed by atoms with Crippen LogP contribution in [0.5, 0.6) is 0 Å². The van der Waals surface area contributed by atoms with Crippen molar-refractivity contribution < 1.29 is 40.9 Å². The van der Waals surface area contributed by atoms with Gasteiger partial charge in [-0.2, -0.15) is 0 Å². The number of nitrogens with zero attached hydrogens (tertiary/aromatic N) is 2. The second kappa shape index (κ2) is 8.41. The van der Waals surface area contributed by atoms with Crippen LogP contribution in [0, 0.1) is 0 Å². The summed E-state index contributed by atoms with van der Waals surface area (Å²) in [5.41, 5.74) is -0.263. The summed E-state index contributed by atoms with van der Waals surface area (Å²) in [6.07, 6.45) is -7.74. The zero-order valence-electron chi connectivity index (χ0n) is 11.5. The third-order valence-electron chi connectivity index (χ3n) is 3.11. The molecule has 0 amide bonds. The van der Waals surface area contributed by atoms with Crippen molar-refractivity contribution in [3.05, 3.63) is 23.8 Å². The maximum absolute atomic E-state index is 9.75. The van der Waals surface area contributed by atoms with E-state index < -0.39 is 49.8 Å². The summed E-state index contributed by atoms with van der Waals surface area (Å²) in [6, 6.07) is 0.